The van der Waals surface area contributed by atoms with E-state index in [-0.39, 0.29) is 12.0 Å². The third kappa shape index (κ3) is 6.09. The van der Waals surface area contributed by atoms with E-state index in [0.717, 1.165) is 28.8 Å². The molecule has 1 unspecified atom stereocenters. The van der Waals surface area contributed by atoms with E-state index in [0.29, 0.717) is 18.2 Å². The number of nitrogens with one attached hydrogen (secondary N) is 2. The van der Waals surface area contributed by atoms with Crippen LogP contribution in [0.1, 0.15) is 50.1 Å². The third-order valence-electron chi connectivity index (χ3n) is 6.13. The van der Waals surface area contributed by atoms with Crippen molar-refractivity contribution in [2.45, 2.75) is 50.6 Å². The van der Waals surface area contributed by atoms with Crippen molar-refractivity contribution in [3.05, 3.63) is 66.4 Å². The van der Waals surface area contributed by atoms with Gasteiger partial charge in [0.25, 0.3) is 0 Å². The van der Waals surface area contributed by atoms with Crippen LogP contribution in [0.15, 0.2) is 60.8 Å². The predicted molar refractivity (Wildman–Crippen MR) is 139 cm³/mol. The van der Waals surface area contributed by atoms with Crippen LogP contribution in [0.2, 0.25) is 0 Å². The van der Waals surface area contributed by atoms with Crippen molar-refractivity contribution < 1.29 is 0 Å². The predicted octanol–water partition coefficient (Wildman–Crippen LogP) is 4.38. The van der Waals surface area contributed by atoms with E-state index >= 15 is 0 Å². The molecule has 0 bridgehead atoms. The second kappa shape index (κ2) is 11.6. The standard InChI is InChI=1S/C20H21N7.C6H13N/c21-10-9-17(13-5-2-1-3-6-13)24-15-8-4-7-14(11-15)18-16-12-23-20(22)25-19(16)27-26-18;7-6-4-2-1-3-5-6/h1-8,11-12,17,24H,9-10,21H2,(H3,22,23,25,26,27);6H,1-5,7H2. The second-order valence-electron chi connectivity index (χ2n) is 8.73. The minimum Gasteiger partial charge on any atom is -0.378 e. The maximum atomic E-state index is 5.82. The van der Waals surface area contributed by atoms with Crippen molar-refractivity contribution in [1.82, 2.24) is 20.2 Å². The van der Waals surface area contributed by atoms with E-state index in [9.17, 15) is 0 Å². The summed E-state index contributed by atoms with van der Waals surface area (Å²) >= 11 is 0. The lowest BCUT2D eigenvalue weighted by molar-refractivity contribution is 0.441. The Morgan fingerprint density at radius 1 is 1.03 bits per heavy atom. The molecule has 0 spiro atoms. The van der Waals surface area contributed by atoms with Gasteiger partial charge < -0.3 is 22.5 Å². The maximum Gasteiger partial charge on any atom is 0.222 e. The molecule has 0 aliphatic heterocycles. The van der Waals surface area contributed by atoms with Crippen molar-refractivity contribution in [3.8, 4) is 11.3 Å². The molecular formula is C26H34N8. The fraction of sp³-hybridized carbons (Fsp3) is 0.346. The number of benzene rings is 2. The summed E-state index contributed by atoms with van der Waals surface area (Å²) in [5.74, 6) is 0.212. The number of nitrogen functional groups attached to an aromatic ring is 1. The van der Waals surface area contributed by atoms with Gasteiger partial charge in [0.1, 0.15) is 0 Å². The molecule has 34 heavy (non-hydrogen) atoms. The first-order valence-electron chi connectivity index (χ1n) is 12.0. The highest BCUT2D eigenvalue weighted by atomic mass is 15.2. The zero-order valence-electron chi connectivity index (χ0n) is 19.5. The number of rotatable bonds is 6. The Morgan fingerprint density at radius 2 is 1.82 bits per heavy atom. The van der Waals surface area contributed by atoms with Gasteiger partial charge in [0.05, 0.1) is 17.1 Å². The van der Waals surface area contributed by atoms with E-state index < -0.39 is 0 Å². The molecule has 8 heteroatoms. The normalized spacial score (nSPS) is 14.9. The fourth-order valence-corrected chi connectivity index (χ4v) is 4.31. The Labute approximate surface area is 200 Å². The number of anilines is 2. The molecule has 1 aliphatic carbocycles. The largest absolute Gasteiger partial charge is 0.378 e. The molecule has 0 saturated heterocycles. The van der Waals surface area contributed by atoms with E-state index in [1.807, 2.05) is 36.4 Å². The minimum absolute atomic E-state index is 0.146. The molecule has 0 radical (unpaired) electrons. The molecule has 1 fully saturated rings. The molecule has 1 atom stereocenters. The number of nitrogens with two attached hydrogens (primary N) is 3. The van der Waals surface area contributed by atoms with E-state index in [2.05, 4.69) is 43.7 Å². The van der Waals surface area contributed by atoms with Crippen molar-refractivity contribution in [2.75, 3.05) is 17.6 Å². The van der Waals surface area contributed by atoms with Gasteiger partial charge >= 0.3 is 0 Å². The fourth-order valence-electron chi connectivity index (χ4n) is 4.31. The number of H-pyrrole nitrogens is 1. The monoisotopic (exact) mass is 458 g/mol. The smallest absolute Gasteiger partial charge is 0.222 e. The second-order valence-corrected chi connectivity index (χ2v) is 8.73. The zero-order chi connectivity index (χ0) is 23.8. The number of aromatic nitrogens is 4. The molecule has 4 aromatic rings. The average Bonchev–Trinajstić information content (AvgIpc) is 3.28. The van der Waals surface area contributed by atoms with Crippen LogP contribution in [-0.4, -0.2) is 32.8 Å². The minimum atomic E-state index is 0.146. The topological polar surface area (TPSA) is 145 Å². The molecule has 2 heterocycles. The molecular weight excluding hydrogens is 424 g/mol. The molecule has 2 aromatic carbocycles. The number of hydrogen-bond acceptors (Lipinski definition) is 7. The number of nitrogens with zero attached hydrogens (tertiary/aromatic N) is 3. The van der Waals surface area contributed by atoms with Crippen molar-refractivity contribution in [2.24, 2.45) is 11.5 Å². The van der Waals surface area contributed by atoms with Gasteiger partial charge in [0, 0.05) is 23.5 Å². The zero-order valence-corrected chi connectivity index (χ0v) is 19.5. The van der Waals surface area contributed by atoms with Crippen LogP contribution in [0.4, 0.5) is 11.6 Å². The highest BCUT2D eigenvalue weighted by molar-refractivity contribution is 5.91. The summed E-state index contributed by atoms with van der Waals surface area (Å²) < 4.78 is 0. The van der Waals surface area contributed by atoms with Crippen LogP contribution in [-0.2, 0) is 0 Å². The molecule has 178 valence electrons. The maximum absolute atomic E-state index is 5.82. The Bertz CT molecular complexity index is 1170. The van der Waals surface area contributed by atoms with Gasteiger partial charge in [-0.2, -0.15) is 10.1 Å². The van der Waals surface area contributed by atoms with Gasteiger partial charge in [0.2, 0.25) is 5.95 Å². The van der Waals surface area contributed by atoms with Crippen molar-refractivity contribution in [3.63, 3.8) is 0 Å². The molecule has 5 rings (SSSR count). The summed E-state index contributed by atoms with van der Waals surface area (Å²) in [6.07, 6.45) is 9.20. The third-order valence-corrected chi connectivity index (χ3v) is 6.13. The van der Waals surface area contributed by atoms with Gasteiger partial charge in [-0.15, -0.1) is 0 Å². The molecule has 8 nitrogen and oxygen atoms in total. The first-order chi connectivity index (χ1) is 16.6. The summed E-state index contributed by atoms with van der Waals surface area (Å²) in [6, 6.07) is 19.2. The van der Waals surface area contributed by atoms with Crippen LogP contribution in [0.25, 0.3) is 22.3 Å². The summed E-state index contributed by atoms with van der Waals surface area (Å²) in [5.41, 5.74) is 21.7. The van der Waals surface area contributed by atoms with Gasteiger partial charge in [-0.25, -0.2) is 4.98 Å². The first-order valence-corrected chi connectivity index (χ1v) is 12.0. The lowest BCUT2D eigenvalue weighted by Crippen LogP contribution is -2.22. The van der Waals surface area contributed by atoms with E-state index in [4.69, 9.17) is 17.2 Å². The van der Waals surface area contributed by atoms with Crippen LogP contribution < -0.4 is 22.5 Å². The summed E-state index contributed by atoms with van der Waals surface area (Å²) in [7, 11) is 0. The molecule has 1 saturated carbocycles. The lowest BCUT2D eigenvalue weighted by Gasteiger charge is -2.20. The Hall–Kier alpha value is -3.49. The highest BCUT2D eigenvalue weighted by Gasteiger charge is 2.13. The van der Waals surface area contributed by atoms with Gasteiger partial charge in [0.15, 0.2) is 5.65 Å². The highest BCUT2D eigenvalue weighted by Crippen LogP contribution is 2.29. The number of aromatic amines is 1. The Kier molecular flexibility index (Phi) is 8.06. The van der Waals surface area contributed by atoms with Gasteiger partial charge in [-0.05, 0) is 43.5 Å². The van der Waals surface area contributed by atoms with Crippen molar-refractivity contribution in [1.29, 1.82) is 0 Å². The van der Waals surface area contributed by atoms with Crippen molar-refractivity contribution >= 4 is 22.7 Å². The summed E-state index contributed by atoms with van der Waals surface area (Å²) in [5, 5.41) is 11.7. The molecule has 2 aromatic heterocycles. The molecule has 1 aliphatic rings. The number of hydrogen-bond donors (Lipinski definition) is 5. The number of fused-ring (bicyclic) bond motifs is 1. The van der Waals surface area contributed by atoms with Gasteiger partial charge in [-0.3, -0.25) is 5.10 Å². The molecule has 0 amide bonds. The van der Waals surface area contributed by atoms with Crippen LogP contribution in [0.3, 0.4) is 0 Å². The van der Waals surface area contributed by atoms with Crippen LogP contribution >= 0.6 is 0 Å². The average molecular weight is 459 g/mol. The quantitative estimate of drug-likeness (QED) is 0.288. The van der Waals surface area contributed by atoms with E-state index in [1.54, 1.807) is 6.20 Å². The van der Waals surface area contributed by atoms with Gasteiger partial charge in [-0.1, -0.05) is 61.7 Å². The Morgan fingerprint density at radius 3 is 2.53 bits per heavy atom. The lowest BCUT2D eigenvalue weighted by atomic mass is 9.97. The van der Waals surface area contributed by atoms with Crippen LogP contribution in [0, 0.1) is 0 Å². The summed E-state index contributed by atoms with van der Waals surface area (Å²) in [4.78, 5) is 8.23. The Balaban J connectivity index is 0.000000336. The summed E-state index contributed by atoms with van der Waals surface area (Å²) in [6.45, 7) is 0.607. The van der Waals surface area contributed by atoms with Crippen LogP contribution in [0.5, 0.6) is 0 Å². The SMILES string of the molecule is NC1CCCCC1.NCCC(Nc1cccc(-c2[nH]nc3nc(N)ncc23)c1)c1ccccc1. The molecule has 8 N–H and O–H groups in total. The van der Waals surface area contributed by atoms with E-state index in [1.165, 1.54) is 37.7 Å². The first kappa shape index (κ1) is 23.7.